The third-order valence-corrected chi connectivity index (χ3v) is 2.93. The van der Waals surface area contributed by atoms with E-state index in [1.165, 1.54) is 0 Å². The van der Waals surface area contributed by atoms with Crippen molar-refractivity contribution >= 4 is 0 Å². The monoisotopic (exact) mass is 186 g/mol. The molecular formula is C9H18N2O2. The maximum atomic E-state index is 9.03. The van der Waals surface area contributed by atoms with Crippen LogP contribution in [0.25, 0.3) is 0 Å². The fourth-order valence-electron chi connectivity index (χ4n) is 2.12. The number of rotatable bonds is 2. The quantitative estimate of drug-likeness (QED) is 0.583. The number of hydrogen-bond donors (Lipinski definition) is 2. The van der Waals surface area contributed by atoms with E-state index in [-0.39, 0.29) is 12.6 Å². The fourth-order valence-corrected chi connectivity index (χ4v) is 2.12. The summed E-state index contributed by atoms with van der Waals surface area (Å²) in [5.74, 6) is 0. The van der Waals surface area contributed by atoms with Gasteiger partial charge >= 0.3 is 0 Å². The summed E-state index contributed by atoms with van der Waals surface area (Å²) in [6, 6.07) is 0.852. The molecular weight excluding hydrogens is 168 g/mol. The highest BCUT2D eigenvalue weighted by atomic mass is 16.5. The van der Waals surface area contributed by atoms with E-state index in [1.54, 1.807) is 0 Å². The molecule has 2 heterocycles. The van der Waals surface area contributed by atoms with Gasteiger partial charge in [0, 0.05) is 38.3 Å². The number of aliphatic hydroxyl groups is 1. The molecule has 0 saturated carbocycles. The average molecular weight is 186 g/mol. The molecule has 0 aromatic rings. The Morgan fingerprint density at radius 2 is 2.46 bits per heavy atom. The predicted molar refractivity (Wildman–Crippen MR) is 49.7 cm³/mol. The summed E-state index contributed by atoms with van der Waals surface area (Å²) in [4.78, 5) is 2.43. The average Bonchev–Trinajstić information content (AvgIpc) is 2.71. The van der Waals surface area contributed by atoms with Crippen LogP contribution in [0.2, 0.25) is 0 Å². The van der Waals surface area contributed by atoms with Crippen LogP contribution in [-0.4, -0.2) is 61.5 Å². The fraction of sp³-hybridized carbons (Fsp3) is 1.00. The second kappa shape index (κ2) is 4.37. The molecule has 2 fully saturated rings. The summed E-state index contributed by atoms with van der Waals surface area (Å²) in [5, 5.41) is 12.3. The lowest BCUT2D eigenvalue weighted by Crippen LogP contribution is -2.55. The minimum absolute atomic E-state index is 0.240. The summed E-state index contributed by atoms with van der Waals surface area (Å²) in [7, 11) is 0. The van der Waals surface area contributed by atoms with Crippen molar-refractivity contribution in [3.05, 3.63) is 0 Å². The molecule has 0 radical (unpaired) electrons. The smallest absolute Gasteiger partial charge is 0.0622 e. The minimum atomic E-state index is 0.240. The molecule has 2 atom stereocenters. The number of nitrogens with zero attached hydrogens (tertiary/aromatic N) is 1. The lowest BCUT2D eigenvalue weighted by molar-refractivity contribution is 0.0978. The molecule has 0 bridgehead atoms. The molecule has 13 heavy (non-hydrogen) atoms. The zero-order valence-corrected chi connectivity index (χ0v) is 7.91. The molecule has 0 amide bonds. The van der Waals surface area contributed by atoms with Crippen molar-refractivity contribution in [2.75, 3.05) is 39.5 Å². The van der Waals surface area contributed by atoms with Crippen molar-refractivity contribution in [3.8, 4) is 0 Å². The van der Waals surface area contributed by atoms with Crippen molar-refractivity contribution in [2.45, 2.75) is 18.5 Å². The van der Waals surface area contributed by atoms with Gasteiger partial charge in [-0.05, 0) is 6.42 Å². The van der Waals surface area contributed by atoms with Gasteiger partial charge in [-0.2, -0.15) is 0 Å². The Balaban J connectivity index is 1.84. The molecule has 76 valence electrons. The zero-order valence-electron chi connectivity index (χ0n) is 7.91. The number of ether oxygens (including phenoxy) is 1. The third-order valence-electron chi connectivity index (χ3n) is 2.93. The Hall–Kier alpha value is -0.160. The van der Waals surface area contributed by atoms with Crippen molar-refractivity contribution in [1.82, 2.24) is 10.2 Å². The molecule has 0 aliphatic carbocycles. The SMILES string of the molecule is OCC1CN(C2CCOC2)CCN1. The second-order valence-corrected chi connectivity index (χ2v) is 3.85. The first-order chi connectivity index (χ1) is 6.40. The molecule has 4 heteroatoms. The molecule has 2 N–H and O–H groups in total. The number of nitrogens with one attached hydrogen (secondary N) is 1. The third kappa shape index (κ3) is 2.20. The Bertz CT molecular complexity index is 160. The molecule has 2 saturated heterocycles. The highest BCUT2D eigenvalue weighted by Gasteiger charge is 2.27. The Labute approximate surface area is 78.9 Å². The normalized spacial score (nSPS) is 36.7. The van der Waals surface area contributed by atoms with Crippen LogP contribution < -0.4 is 5.32 Å². The van der Waals surface area contributed by atoms with Crippen molar-refractivity contribution in [3.63, 3.8) is 0 Å². The predicted octanol–water partition coefficient (Wildman–Crippen LogP) is -0.959. The van der Waals surface area contributed by atoms with Gasteiger partial charge in [-0.1, -0.05) is 0 Å². The van der Waals surface area contributed by atoms with Crippen LogP contribution in [0.3, 0.4) is 0 Å². The van der Waals surface area contributed by atoms with Gasteiger partial charge in [0.05, 0.1) is 13.2 Å². The van der Waals surface area contributed by atoms with Crippen molar-refractivity contribution < 1.29 is 9.84 Å². The van der Waals surface area contributed by atoms with Crippen LogP contribution >= 0.6 is 0 Å². The summed E-state index contributed by atoms with van der Waals surface area (Å²) in [5.41, 5.74) is 0. The standard InChI is InChI=1S/C9H18N2O2/c12-6-8-5-11(3-2-10-8)9-1-4-13-7-9/h8-10,12H,1-7H2. The lowest BCUT2D eigenvalue weighted by atomic mass is 10.1. The second-order valence-electron chi connectivity index (χ2n) is 3.85. The molecule has 2 rings (SSSR count). The van der Waals surface area contributed by atoms with Crippen LogP contribution in [0.1, 0.15) is 6.42 Å². The number of aliphatic hydroxyl groups excluding tert-OH is 1. The van der Waals surface area contributed by atoms with Gasteiger partial charge in [0.2, 0.25) is 0 Å². The maximum absolute atomic E-state index is 9.03. The molecule has 2 aliphatic rings. The van der Waals surface area contributed by atoms with Gasteiger partial charge in [-0.15, -0.1) is 0 Å². The largest absolute Gasteiger partial charge is 0.395 e. The maximum Gasteiger partial charge on any atom is 0.0622 e. The highest BCUT2D eigenvalue weighted by molar-refractivity contribution is 4.84. The van der Waals surface area contributed by atoms with Gasteiger partial charge in [0.15, 0.2) is 0 Å². The van der Waals surface area contributed by atoms with E-state index in [9.17, 15) is 0 Å². The van der Waals surface area contributed by atoms with E-state index < -0.39 is 0 Å². The zero-order chi connectivity index (χ0) is 9.10. The van der Waals surface area contributed by atoms with Crippen molar-refractivity contribution in [2.24, 2.45) is 0 Å². The van der Waals surface area contributed by atoms with Crippen LogP contribution in [0.4, 0.5) is 0 Å². The molecule has 2 aliphatic heterocycles. The van der Waals surface area contributed by atoms with Crippen LogP contribution in [0.15, 0.2) is 0 Å². The van der Waals surface area contributed by atoms with Crippen LogP contribution in [0.5, 0.6) is 0 Å². The molecule has 2 unspecified atom stereocenters. The van der Waals surface area contributed by atoms with Crippen LogP contribution in [-0.2, 0) is 4.74 Å². The van der Waals surface area contributed by atoms with Crippen molar-refractivity contribution in [1.29, 1.82) is 0 Å². The first-order valence-corrected chi connectivity index (χ1v) is 5.06. The van der Waals surface area contributed by atoms with E-state index >= 15 is 0 Å². The van der Waals surface area contributed by atoms with Gasteiger partial charge in [-0.3, -0.25) is 4.90 Å². The van der Waals surface area contributed by atoms with E-state index in [0.29, 0.717) is 6.04 Å². The van der Waals surface area contributed by atoms with Gasteiger partial charge < -0.3 is 15.2 Å². The summed E-state index contributed by atoms with van der Waals surface area (Å²) in [6.07, 6.45) is 1.15. The molecule has 0 spiro atoms. The first kappa shape index (κ1) is 9.40. The van der Waals surface area contributed by atoms with Gasteiger partial charge in [0.1, 0.15) is 0 Å². The minimum Gasteiger partial charge on any atom is -0.395 e. The Morgan fingerprint density at radius 1 is 1.54 bits per heavy atom. The Morgan fingerprint density at radius 3 is 3.15 bits per heavy atom. The van der Waals surface area contributed by atoms with E-state index in [0.717, 1.165) is 39.3 Å². The van der Waals surface area contributed by atoms with Gasteiger partial charge in [-0.25, -0.2) is 0 Å². The number of hydrogen-bond acceptors (Lipinski definition) is 4. The molecule has 0 aromatic carbocycles. The van der Waals surface area contributed by atoms with E-state index in [1.807, 2.05) is 0 Å². The lowest BCUT2D eigenvalue weighted by Gasteiger charge is -2.36. The topological polar surface area (TPSA) is 44.7 Å². The number of piperazine rings is 1. The summed E-state index contributed by atoms with van der Waals surface area (Å²) < 4.78 is 5.35. The summed E-state index contributed by atoms with van der Waals surface area (Å²) >= 11 is 0. The van der Waals surface area contributed by atoms with E-state index in [4.69, 9.17) is 9.84 Å². The van der Waals surface area contributed by atoms with Gasteiger partial charge in [0.25, 0.3) is 0 Å². The Kier molecular flexibility index (Phi) is 3.16. The van der Waals surface area contributed by atoms with E-state index in [2.05, 4.69) is 10.2 Å². The first-order valence-electron chi connectivity index (χ1n) is 5.06. The molecule has 4 nitrogen and oxygen atoms in total. The van der Waals surface area contributed by atoms with Crippen LogP contribution in [0, 0.1) is 0 Å². The molecule has 0 aromatic heterocycles. The summed E-state index contributed by atoms with van der Waals surface area (Å²) in [6.45, 7) is 5.05. The highest BCUT2D eigenvalue weighted by Crippen LogP contribution is 2.13.